The lowest BCUT2D eigenvalue weighted by molar-refractivity contribution is -0.314. The second-order valence-corrected chi connectivity index (χ2v) is 13.3. The highest BCUT2D eigenvalue weighted by Crippen LogP contribution is 2.71. The first-order valence-electron chi connectivity index (χ1n) is 14.4. The van der Waals surface area contributed by atoms with Crippen LogP contribution < -0.4 is 0 Å². The number of aliphatic hydroxyl groups is 3. The van der Waals surface area contributed by atoms with Crippen LogP contribution in [0.1, 0.15) is 86.5 Å². The van der Waals surface area contributed by atoms with Gasteiger partial charge in [-0.2, -0.15) is 0 Å². The predicted octanol–water partition coefficient (Wildman–Crippen LogP) is 3.18. The normalized spacial score (nSPS) is 42.8. The van der Waals surface area contributed by atoms with Crippen molar-refractivity contribution >= 4 is 17.7 Å². The van der Waals surface area contributed by atoms with Crippen LogP contribution in [-0.2, 0) is 28.6 Å². The molecule has 4 aliphatic carbocycles. The number of rotatable bonds is 7. The van der Waals surface area contributed by atoms with Gasteiger partial charge in [0.2, 0.25) is 0 Å². The fourth-order valence-electron chi connectivity index (χ4n) is 8.32. The summed E-state index contributed by atoms with van der Waals surface area (Å²) in [6.45, 7) is 10.5. The van der Waals surface area contributed by atoms with E-state index in [4.69, 9.17) is 14.2 Å². The molecule has 0 spiro atoms. The van der Waals surface area contributed by atoms with E-state index in [1.807, 2.05) is 33.8 Å². The molecule has 3 N–H and O–H groups in total. The van der Waals surface area contributed by atoms with Gasteiger partial charge in [0.1, 0.15) is 35.6 Å². The zero-order valence-corrected chi connectivity index (χ0v) is 24.9. The number of ether oxygens (including phenoxy) is 3. The molecule has 0 aromatic heterocycles. The fraction of sp³-hybridized carbons (Fsp3) is 0.774. The van der Waals surface area contributed by atoms with Gasteiger partial charge in [-0.05, 0) is 70.6 Å². The molecule has 0 bridgehead atoms. The number of ketones is 1. The van der Waals surface area contributed by atoms with E-state index in [9.17, 15) is 29.7 Å². The first kappa shape index (κ1) is 30.9. The Hall–Kier alpha value is -2.07. The van der Waals surface area contributed by atoms with Crippen molar-refractivity contribution < 1.29 is 43.9 Å². The summed E-state index contributed by atoms with van der Waals surface area (Å²) in [5, 5.41) is 36.8. The minimum absolute atomic E-state index is 0.0159. The van der Waals surface area contributed by atoms with Crippen LogP contribution in [0.15, 0.2) is 23.3 Å². The fourth-order valence-corrected chi connectivity index (χ4v) is 8.32. The van der Waals surface area contributed by atoms with Crippen LogP contribution in [0.2, 0.25) is 0 Å². The highest BCUT2D eigenvalue weighted by Gasteiger charge is 2.81. The molecular formula is C31H46O9. The molecule has 3 fully saturated rings. The quantitative estimate of drug-likeness (QED) is 0.242. The molecule has 0 aromatic rings. The third kappa shape index (κ3) is 4.30. The van der Waals surface area contributed by atoms with Gasteiger partial charge in [0.15, 0.2) is 5.78 Å². The summed E-state index contributed by atoms with van der Waals surface area (Å²) in [5.41, 5.74) is -5.94. The number of carbonyl (C=O) groups is 3. The third-order valence-corrected chi connectivity index (χ3v) is 11.2. The first-order valence-corrected chi connectivity index (χ1v) is 14.4. The van der Waals surface area contributed by atoms with Gasteiger partial charge in [0, 0.05) is 25.5 Å². The second-order valence-electron chi connectivity index (χ2n) is 13.3. The van der Waals surface area contributed by atoms with Gasteiger partial charge in [-0.25, -0.2) is 9.59 Å². The summed E-state index contributed by atoms with van der Waals surface area (Å²) in [4.78, 5) is 38.2. The number of carbonyl (C=O) groups excluding carboxylic acids is 3. The summed E-state index contributed by atoms with van der Waals surface area (Å²) in [5.74, 6) is -1.97. The minimum atomic E-state index is -1.98. The van der Waals surface area contributed by atoms with Gasteiger partial charge in [0.05, 0.1) is 5.41 Å². The Labute approximate surface area is 236 Å². The molecule has 9 nitrogen and oxygen atoms in total. The molecule has 0 radical (unpaired) electrons. The van der Waals surface area contributed by atoms with Crippen LogP contribution in [0.3, 0.4) is 0 Å². The highest BCUT2D eigenvalue weighted by atomic mass is 16.6. The SMILES string of the molecule is COCC(=O)O[C@H]1CC[C@@]2(C)C(=CC[C@]3(O)C2C[C@@H](OC(=O)/C=C(\C)C(C)C)[C@@]2(C)[C@]3(O)CC[C@@]2(O)C(C)=O)C1. The van der Waals surface area contributed by atoms with E-state index < -0.39 is 57.4 Å². The Morgan fingerprint density at radius 1 is 1.07 bits per heavy atom. The average molecular weight is 563 g/mol. The van der Waals surface area contributed by atoms with E-state index in [1.165, 1.54) is 20.1 Å². The van der Waals surface area contributed by atoms with Gasteiger partial charge < -0.3 is 29.5 Å². The zero-order valence-electron chi connectivity index (χ0n) is 24.9. The maximum Gasteiger partial charge on any atom is 0.332 e. The highest BCUT2D eigenvalue weighted by molar-refractivity contribution is 5.87. The van der Waals surface area contributed by atoms with Crippen molar-refractivity contribution in [3.05, 3.63) is 23.3 Å². The monoisotopic (exact) mass is 562 g/mol. The van der Waals surface area contributed by atoms with E-state index in [0.717, 1.165) is 11.1 Å². The lowest BCUT2D eigenvalue weighted by Gasteiger charge is -2.67. The maximum absolute atomic E-state index is 13.2. The molecule has 224 valence electrons. The Morgan fingerprint density at radius 2 is 1.75 bits per heavy atom. The standard InChI is InChI=1S/C31H46O9/c1-18(2)19(3)14-25(33)40-24-16-23-27(5)10-9-22(39-26(34)17-38-7)15-21(27)8-11-30(23,36)31(37)13-12-29(35,20(4)32)28(24,31)6/h8,14,18,22-24,35-37H,9-13,15-17H2,1-7H3/b19-14+/t22-,23?,24+,27-,28+,29+,30-,31+/m0/s1. The van der Waals surface area contributed by atoms with Crippen LogP contribution in [0.4, 0.5) is 0 Å². The molecule has 3 saturated carbocycles. The van der Waals surface area contributed by atoms with Gasteiger partial charge >= 0.3 is 11.9 Å². The second kappa shape index (κ2) is 10.3. The number of hydrogen-bond acceptors (Lipinski definition) is 9. The molecule has 8 atom stereocenters. The third-order valence-electron chi connectivity index (χ3n) is 11.2. The van der Waals surface area contributed by atoms with Crippen LogP contribution >= 0.6 is 0 Å². The zero-order chi connectivity index (χ0) is 29.9. The molecule has 0 aliphatic heterocycles. The molecule has 0 saturated heterocycles. The van der Waals surface area contributed by atoms with Crippen molar-refractivity contribution in [2.24, 2.45) is 22.7 Å². The van der Waals surface area contributed by atoms with Gasteiger partial charge in [-0.1, -0.05) is 38.0 Å². The van der Waals surface area contributed by atoms with Crippen molar-refractivity contribution in [1.82, 2.24) is 0 Å². The first-order chi connectivity index (χ1) is 18.5. The van der Waals surface area contributed by atoms with Crippen molar-refractivity contribution in [2.75, 3.05) is 13.7 Å². The van der Waals surface area contributed by atoms with Crippen LogP contribution in [-0.4, -0.2) is 75.8 Å². The topological polar surface area (TPSA) is 140 Å². The number of allylic oxidation sites excluding steroid dienone is 1. The number of fused-ring (bicyclic) bond motifs is 5. The lowest BCUT2D eigenvalue weighted by atomic mass is 9.42. The Morgan fingerprint density at radius 3 is 2.35 bits per heavy atom. The minimum Gasteiger partial charge on any atom is -0.460 e. The van der Waals surface area contributed by atoms with E-state index in [0.29, 0.717) is 19.3 Å². The number of methoxy groups -OCH3 is 1. The van der Waals surface area contributed by atoms with Gasteiger partial charge in [-0.3, -0.25) is 4.79 Å². The summed E-state index contributed by atoms with van der Waals surface area (Å²) >= 11 is 0. The predicted molar refractivity (Wildman–Crippen MR) is 146 cm³/mol. The molecule has 0 aromatic carbocycles. The van der Waals surface area contributed by atoms with E-state index in [2.05, 4.69) is 0 Å². The van der Waals surface area contributed by atoms with Crippen LogP contribution in [0.5, 0.6) is 0 Å². The Kier molecular flexibility index (Phi) is 7.98. The smallest absolute Gasteiger partial charge is 0.332 e. The Bertz CT molecular complexity index is 1130. The van der Waals surface area contributed by atoms with E-state index >= 15 is 0 Å². The maximum atomic E-state index is 13.2. The molecular weight excluding hydrogens is 516 g/mol. The largest absolute Gasteiger partial charge is 0.460 e. The van der Waals surface area contributed by atoms with E-state index in [1.54, 1.807) is 6.92 Å². The van der Waals surface area contributed by atoms with Crippen molar-refractivity contribution in [3.63, 3.8) is 0 Å². The van der Waals surface area contributed by atoms with Crippen molar-refractivity contribution in [2.45, 2.75) is 115 Å². The lowest BCUT2D eigenvalue weighted by Crippen LogP contribution is -2.78. The summed E-state index contributed by atoms with van der Waals surface area (Å²) in [6.07, 6.45) is 3.82. The molecule has 9 heteroatoms. The average Bonchev–Trinajstić information content (AvgIpc) is 3.10. The molecule has 40 heavy (non-hydrogen) atoms. The van der Waals surface area contributed by atoms with Crippen LogP contribution in [0.25, 0.3) is 0 Å². The number of Topliss-reactive ketones (excluding diaryl/α,β-unsaturated/α-hetero) is 1. The molecule has 0 amide bonds. The van der Waals surface area contributed by atoms with Crippen molar-refractivity contribution in [1.29, 1.82) is 0 Å². The van der Waals surface area contributed by atoms with Gasteiger partial charge in [-0.15, -0.1) is 0 Å². The molecule has 4 rings (SSSR count). The molecule has 0 heterocycles. The number of hydrogen-bond donors (Lipinski definition) is 3. The summed E-state index contributed by atoms with van der Waals surface area (Å²) < 4.78 is 16.6. The Balaban J connectivity index is 1.76. The van der Waals surface area contributed by atoms with Crippen LogP contribution in [0, 0.1) is 22.7 Å². The number of esters is 2. The molecule has 1 unspecified atom stereocenters. The van der Waals surface area contributed by atoms with Gasteiger partial charge in [0.25, 0.3) is 0 Å². The summed E-state index contributed by atoms with van der Waals surface area (Å²) in [7, 11) is 1.44. The van der Waals surface area contributed by atoms with Crippen molar-refractivity contribution in [3.8, 4) is 0 Å². The summed E-state index contributed by atoms with van der Waals surface area (Å²) in [6, 6.07) is 0. The van der Waals surface area contributed by atoms with E-state index in [-0.39, 0.29) is 44.3 Å². The molecule has 4 aliphatic rings.